The number of rotatable bonds is 7. The molecule has 0 fully saturated rings. The van der Waals surface area contributed by atoms with Gasteiger partial charge in [0.1, 0.15) is 0 Å². The van der Waals surface area contributed by atoms with Crippen molar-refractivity contribution >= 4 is 6.08 Å². The van der Waals surface area contributed by atoms with Gasteiger partial charge >= 0.3 is 0 Å². The van der Waals surface area contributed by atoms with Gasteiger partial charge in [0.25, 0.3) is 0 Å². The fraction of sp³-hybridized carbons (Fsp3) is 0.429. The molecule has 18 heavy (non-hydrogen) atoms. The number of methoxy groups -OCH3 is 2. The van der Waals surface area contributed by atoms with Gasteiger partial charge in [-0.3, -0.25) is 0 Å². The molecule has 0 saturated carbocycles. The van der Waals surface area contributed by atoms with Gasteiger partial charge in [0.15, 0.2) is 11.6 Å². The minimum Gasteiger partial charge on any atom is -0.494 e. The van der Waals surface area contributed by atoms with Crippen LogP contribution in [0.3, 0.4) is 0 Å². The normalized spacial score (nSPS) is 11.7. The van der Waals surface area contributed by atoms with E-state index >= 15 is 0 Å². The van der Waals surface area contributed by atoms with Crippen LogP contribution in [0.2, 0.25) is 0 Å². The Labute approximate surface area is 107 Å². The molecule has 0 bridgehead atoms. The maximum Gasteiger partial charge on any atom is 0.165 e. The summed E-state index contributed by atoms with van der Waals surface area (Å²) in [5.74, 6) is -0.107. The molecule has 0 aliphatic carbocycles. The van der Waals surface area contributed by atoms with Gasteiger partial charge in [-0.25, -0.2) is 4.39 Å². The summed E-state index contributed by atoms with van der Waals surface area (Å²) < 4.78 is 23.5. The lowest BCUT2D eigenvalue weighted by molar-refractivity contribution is 0.223. The monoisotopic (exact) mass is 253 g/mol. The van der Waals surface area contributed by atoms with E-state index < -0.39 is 0 Å². The zero-order chi connectivity index (χ0) is 13.4. The Morgan fingerprint density at radius 2 is 2.17 bits per heavy atom. The standard InChI is InChI=1S/C14H20FNO2/c1-17-10-12(4-3-7-16)8-11-5-6-14(18-2)13(15)9-11/h5-6,8-9H,3-4,7,10,16H2,1-2H3/b12-8+. The van der Waals surface area contributed by atoms with Gasteiger partial charge in [-0.15, -0.1) is 0 Å². The topological polar surface area (TPSA) is 44.5 Å². The number of ether oxygens (including phenoxy) is 2. The third kappa shape index (κ3) is 4.47. The number of nitrogens with two attached hydrogens (primary N) is 1. The molecule has 3 nitrogen and oxygen atoms in total. The van der Waals surface area contributed by atoms with Crippen LogP contribution < -0.4 is 10.5 Å². The third-order valence-electron chi connectivity index (χ3n) is 2.58. The van der Waals surface area contributed by atoms with Crippen molar-refractivity contribution in [2.75, 3.05) is 27.4 Å². The molecule has 4 heteroatoms. The molecule has 0 amide bonds. The first kappa shape index (κ1) is 14.7. The first-order chi connectivity index (χ1) is 8.71. The van der Waals surface area contributed by atoms with E-state index in [9.17, 15) is 4.39 Å². The SMILES string of the molecule is COC/C(=C/c1ccc(OC)c(F)c1)CCCN. The molecule has 0 radical (unpaired) electrons. The highest BCUT2D eigenvalue weighted by molar-refractivity contribution is 5.54. The Kier molecular flexibility index (Phi) is 6.39. The van der Waals surface area contributed by atoms with E-state index in [2.05, 4.69) is 0 Å². The summed E-state index contributed by atoms with van der Waals surface area (Å²) in [6.45, 7) is 1.17. The summed E-state index contributed by atoms with van der Waals surface area (Å²) in [7, 11) is 3.09. The first-order valence-electron chi connectivity index (χ1n) is 5.93. The molecule has 1 aromatic rings. The van der Waals surface area contributed by atoms with Gasteiger partial charge in [-0.2, -0.15) is 0 Å². The highest BCUT2D eigenvalue weighted by Gasteiger charge is 2.03. The van der Waals surface area contributed by atoms with Crippen molar-refractivity contribution in [1.29, 1.82) is 0 Å². The van der Waals surface area contributed by atoms with Gasteiger partial charge in [-0.1, -0.05) is 12.1 Å². The van der Waals surface area contributed by atoms with Crippen molar-refractivity contribution in [3.05, 3.63) is 35.2 Å². The van der Waals surface area contributed by atoms with E-state index in [0.29, 0.717) is 13.2 Å². The van der Waals surface area contributed by atoms with Crippen LogP contribution in [0.1, 0.15) is 18.4 Å². The second kappa shape index (κ2) is 7.84. The molecular weight excluding hydrogens is 233 g/mol. The fourth-order valence-electron chi connectivity index (χ4n) is 1.71. The summed E-state index contributed by atoms with van der Waals surface area (Å²) in [5, 5.41) is 0. The lowest BCUT2D eigenvalue weighted by Gasteiger charge is -2.07. The molecule has 0 atom stereocenters. The highest BCUT2D eigenvalue weighted by atomic mass is 19.1. The molecule has 0 aromatic heterocycles. The highest BCUT2D eigenvalue weighted by Crippen LogP contribution is 2.20. The number of halogens is 1. The van der Waals surface area contributed by atoms with E-state index in [0.717, 1.165) is 24.0 Å². The second-order valence-electron chi connectivity index (χ2n) is 4.02. The van der Waals surface area contributed by atoms with Crippen LogP contribution in [-0.4, -0.2) is 27.4 Å². The van der Waals surface area contributed by atoms with Gasteiger partial charge in [0, 0.05) is 7.11 Å². The number of hydrogen-bond acceptors (Lipinski definition) is 3. The van der Waals surface area contributed by atoms with Gasteiger partial charge in [-0.05, 0) is 42.7 Å². The average molecular weight is 253 g/mol. The Balaban J connectivity index is 2.85. The van der Waals surface area contributed by atoms with Crippen LogP contribution in [0.25, 0.3) is 6.08 Å². The lowest BCUT2D eigenvalue weighted by Crippen LogP contribution is -2.02. The second-order valence-corrected chi connectivity index (χ2v) is 4.02. The maximum atomic E-state index is 13.5. The molecule has 2 N–H and O–H groups in total. The van der Waals surface area contributed by atoms with Crippen LogP contribution in [0, 0.1) is 5.82 Å². The molecule has 0 aliphatic heterocycles. The first-order valence-corrected chi connectivity index (χ1v) is 5.93. The largest absolute Gasteiger partial charge is 0.494 e. The summed E-state index contributed by atoms with van der Waals surface area (Å²) in [6, 6.07) is 4.89. The zero-order valence-corrected chi connectivity index (χ0v) is 10.9. The van der Waals surface area contributed by atoms with Gasteiger partial charge in [0.05, 0.1) is 13.7 Å². The molecule has 1 rings (SSSR count). The molecule has 0 spiro atoms. The Morgan fingerprint density at radius 3 is 2.72 bits per heavy atom. The molecule has 0 saturated heterocycles. The summed E-state index contributed by atoms with van der Waals surface area (Å²) in [6.07, 6.45) is 3.69. The van der Waals surface area contributed by atoms with Gasteiger partial charge in [0.2, 0.25) is 0 Å². The zero-order valence-electron chi connectivity index (χ0n) is 10.9. The summed E-state index contributed by atoms with van der Waals surface area (Å²) in [4.78, 5) is 0. The number of hydrogen-bond donors (Lipinski definition) is 1. The minimum absolute atomic E-state index is 0.252. The van der Waals surface area contributed by atoms with Crippen LogP contribution in [0.4, 0.5) is 4.39 Å². The van der Waals surface area contributed by atoms with Crippen LogP contribution >= 0.6 is 0 Å². The third-order valence-corrected chi connectivity index (χ3v) is 2.58. The van der Waals surface area contributed by atoms with Gasteiger partial charge < -0.3 is 15.2 Å². The van der Waals surface area contributed by atoms with E-state index in [1.165, 1.54) is 13.2 Å². The Hall–Kier alpha value is -1.39. The van der Waals surface area contributed by atoms with Crippen molar-refractivity contribution in [3.63, 3.8) is 0 Å². The van der Waals surface area contributed by atoms with Crippen LogP contribution in [-0.2, 0) is 4.74 Å². The summed E-state index contributed by atoms with van der Waals surface area (Å²) in [5.41, 5.74) is 7.39. The average Bonchev–Trinajstić information content (AvgIpc) is 2.36. The van der Waals surface area contributed by atoms with E-state index in [-0.39, 0.29) is 11.6 Å². The number of benzene rings is 1. The fourth-order valence-corrected chi connectivity index (χ4v) is 1.71. The molecular formula is C14H20FNO2. The smallest absolute Gasteiger partial charge is 0.165 e. The Morgan fingerprint density at radius 1 is 1.39 bits per heavy atom. The van der Waals surface area contributed by atoms with E-state index in [1.54, 1.807) is 13.2 Å². The molecule has 0 aliphatic rings. The van der Waals surface area contributed by atoms with Crippen LogP contribution in [0.5, 0.6) is 5.75 Å². The summed E-state index contributed by atoms with van der Waals surface area (Å²) >= 11 is 0. The quantitative estimate of drug-likeness (QED) is 0.812. The molecule has 0 heterocycles. The maximum absolute atomic E-state index is 13.5. The van der Waals surface area contributed by atoms with Crippen molar-refractivity contribution in [2.45, 2.75) is 12.8 Å². The molecule has 0 unspecified atom stereocenters. The lowest BCUT2D eigenvalue weighted by atomic mass is 10.1. The molecule has 1 aromatic carbocycles. The van der Waals surface area contributed by atoms with Crippen molar-refractivity contribution in [3.8, 4) is 5.75 Å². The van der Waals surface area contributed by atoms with Crippen LogP contribution in [0.15, 0.2) is 23.8 Å². The molecule has 100 valence electrons. The van der Waals surface area contributed by atoms with E-state index in [4.69, 9.17) is 15.2 Å². The van der Waals surface area contributed by atoms with Crippen molar-refractivity contribution < 1.29 is 13.9 Å². The predicted molar refractivity (Wildman–Crippen MR) is 71.1 cm³/mol. The Bertz CT molecular complexity index is 405. The van der Waals surface area contributed by atoms with E-state index in [1.807, 2.05) is 12.1 Å². The minimum atomic E-state index is -0.359. The predicted octanol–water partition coefficient (Wildman–Crippen LogP) is 2.60. The van der Waals surface area contributed by atoms with Crippen molar-refractivity contribution in [1.82, 2.24) is 0 Å². The van der Waals surface area contributed by atoms with Crippen molar-refractivity contribution in [2.24, 2.45) is 5.73 Å².